The monoisotopic (exact) mass is 339 g/mol. The zero-order valence-corrected chi connectivity index (χ0v) is 14.1. The Morgan fingerprint density at radius 1 is 1.14 bits per heavy atom. The molecular formula is C14H27Cl2N3O2. The summed E-state index contributed by atoms with van der Waals surface area (Å²) in [6.07, 6.45) is 4.69. The van der Waals surface area contributed by atoms with Crippen LogP contribution in [-0.2, 0) is 9.53 Å². The molecule has 5 nitrogen and oxygen atoms in total. The fourth-order valence-electron chi connectivity index (χ4n) is 3.18. The van der Waals surface area contributed by atoms with Crippen molar-refractivity contribution in [3.8, 4) is 0 Å². The van der Waals surface area contributed by atoms with E-state index in [1.54, 1.807) is 0 Å². The quantitative estimate of drug-likeness (QED) is 0.829. The third-order valence-corrected chi connectivity index (χ3v) is 4.68. The number of amides is 1. The van der Waals surface area contributed by atoms with Gasteiger partial charge in [0, 0.05) is 51.2 Å². The van der Waals surface area contributed by atoms with Gasteiger partial charge in [-0.15, -0.1) is 24.8 Å². The standard InChI is InChI=1S/C14H25N3O2.2ClH/c18-14(10-12-11-19-9-4-15-12)17-7-5-16(6-8-17)13-2-1-3-13;;/h12-13,15H,1-11H2;2*1H. The Bertz CT molecular complexity index is 315. The first-order chi connectivity index (χ1) is 9.33. The molecule has 1 aliphatic carbocycles. The number of hydrogen-bond donors (Lipinski definition) is 1. The minimum Gasteiger partial charge on any atom is -0.378 e. The summed E-state index contributed by atoms with van der Waals surface area (Å²) < 4.78 is 5.40. The van der Waals surface area contributed by atoms with E-state index in [9.17, 15) is 4.79 Å². The fourth-order valence-corrected chi connectivity index (χ4v) is 3.18. The second kappa shape index (κ2) is 9.16. The largest absolute Gasteiger partial charge is 0.378 e. The van der Waals surface area contributed by atoms with E-state index in [0.717, 1.165) is 45.4 Å². The van der Waals surface area contributed by atoms with Crippen LogP contribution in [0.15, 0.2) is 0 Å². The van der Waals surface area contributed by atoms with Gasteiger partial charge in [-0.05, 0) is 12.8 Å². The summed E-state index contributed by atoms with van der Waals surface area (Å²) in [5.74, 6) is 0.288. The van der Waals surface area contributed by atoms with E-state index in [-0.39, 0.29) is 36.8 Å². The summed E-state index contributed by atoms with van der Waals surface area (Å²) in [5, 5.41) is 3.35. The summed E-state index contributed by atoms with van der Waals surface area (Å²) in [6.45, 7) is 6.24. The highest BCUT2D eigenvalue weighted by atomic mass is 35.5. The third-order valence-electron chi connectivity index (χ3n) is 4.68. The average molecular weight is 340 g/mol. The van der Waals surface area contributed by atoms with Gasteiger partial charge in [-0.3, -0.25) is 9.69 Å². The summed E-state index contributed by atoms with van der Waals surface area (Å²) in [5.41, 5.74) is 0. The second-order valence-electron chi connectivity index (χ2n) is 5.93. The maximum absolute atomic E-state index is 12.2. The van der Waals surface area contributed by atoms with Gasteiger partial charge >= 0.3 is 0 Å². The number of halogens is 2. The number of hydrogen-bond acceptors (Lipinski definition) is 4. The van der Waals surface area contributed by atoms with Crippen molar-refractivity contribution in [2.75, 3.05) is 45.9 Å². The van der Waals surface area contributed by atoms with Gasteiger partial charge in [0.05, 0.1) is 13.2 Å². The number of morpholine rings is 1. The zero-order chi connectivity index (χ0) is 13.1. The number of ether oxygens (including phenoxy) is 1. The van der Waals surface area contributed by atoms with Crippen molar-refractivity contribution in [1.29, 1.82) is 0 Å². The molecule has 0 aromatic heterocycles. The number of nitrogens with zero attached hydrogens (tertiary/aromatic N) is 2. The lowest BCUT2D eigenvalue weighted by molar-refractivity contribution is -0.134. The van der Waals surface area contributed by atoms with E-state index >= 15 is 0 Å². The minimum atomic E-state index is 0. The maximum atomic E-state index is 12.2. The van der Waals surface area contributed by atoms with Gasteiger partial charge in [0.1, 0.15) is 0 Å². The summed E-state index contributed by atoms with van der Waals surface area (Å²) in [6, 6.07) is 1.02. The van der Waals surface area contributed by atoms with Crippen LogP contribution in [0.4, 0.5) is 0 Å². The Morgan fingerprint density at radius 3 is 2.38 bits per heavy atom. The molecule has 7 heteroatoms. The maximum Gasteiger partial charge on any atom is 0.224 e. The van der Waals surface area contributed by atoms with Crippen LogP contribution >= 0.6 is 24.8 Å². The van der Waals surface area contributed by atoms with Gasteiger partial charge < -0.3 is 15.0 Å². The molecule has 0 aromatic rings. The number of carbonyl (C=O) groups excluding carboxylic acids is 1. The normalized spacial score (nSPS) is 27.2. The molecule has 3 rings (SSSR count). The van der Waals surface area contributed by atoms with E-state index < -0.39 is 0 Å². The van der Waals surface area contributed by atoms with Crippen LogP contribution in [0.5, 0.6) is 0 Å². The fraction of sp³-hybridized carbons (Fsp3) is 0.929. The summed E-state index contributed by atoms with van der Waals surface area (Å²) >= 11 is 0. The Hall–Kier alpha value is -0.0700. The highest BCUT2D eigenvalue weighted by Crippen LogP contribution is 2.25. The highest BCUT2D eigenvalue weighted by Gasteiger charge is 2.30. The Balaban J connectivity index is 0.00000110. The molecule has 2 saturated heterocycles. The van der Waals surface area contributed by atoms with Crippen LogP contribution in [0.25, 0.3) is 0 Å². The van der Waals surface area contributed by atoms with E-state index in [4.69, 9.17) is 4.74 Å². The molecule has 1 atom stereocenters. The van der Waals surface area contributed by atoms with Gasteiger partial charge in [0.25, 0.3) is 0 Å². The first-order valence-corrected chi connectivity index (χ1v) is 7.66. The summed E-state index contributed by atoms with van der Waals surface area (Å²) in [4.78, 5) is 16.8. The van der Waals surface area contributed by atoms with Crippen molar-refractivity contribution >= 4 is 30.7 Å². The van der Waals surface area contributed by atoms with E-state index in [2.05, 4.69) is 10.2 Å². The smallest absolute Gasteiger partial charge is 0.224 e. The molecule has 1 amide bonds. The second-order valence-corrected chi connectivity index (χ2v) is 5.93. The summed E-state index contributed by atoms with van der Waals surface area (Å²) in [7, 11) is 0. The third kappa shape index (κ3) is 4.96. The number of rotatable bonds is 3. The molecule has 3 aliphatic rings. The first kappa shape index (κ1) is 19.0. The Labute approximate surface area is 139 Å². The number of nitrogens with one attached hydrogen (secondary N) is 1. The van der Waals surface area contributed by atoms with Crippen molar-refractivity contribution in [2.45, 2.75) is 37.8 Å². The first-order valence-electron chi connectivity index (χ1n) is 7.66. The minimum absolute atomic E-state index is 0. The topological polar surface area (TPSA) is 44.8 Å². The predicted octanol–water partition coefficient (Wildman–Crippen LogP) is 0.905. The predicted molar refractivity (Wildman–Crippen MR) is 87.5 cm³/mol. The highest BCUT2D eigenvalue weighted by molar-refractivity contribution is 5.85. The molecule has 124 valence electrons. The molecule has 2 aliphatic heterocycles. The Kier molecular flexibility index (Phi) is 8.27. The molecule has 0 aromatic carbocycles. The van der Waals surface area contributed by atoms with Crippen LogP contribution in [-0.4, -0.2) is 73.7 Å². The van der Waals surface area contributed by atoms with Gasteiger partial charge in [0.2, 0.25) is 5.91 Å². The average Bonchev–Trinajstić information content (AvgIpc) is 2.39. The van der Waals surface area contributed by atoms with Gasteiger partial charge in [-0.2, -0.15) is 0 Å². The lowest BCUT2D eigenvalue weighted by atomic mass is 9.91. The SMILES string of the molecule is Cl.Cl.O=C(CC1COCCN1)N1CCN(C2CCC2)CC1. The lowest BCUT2D eigenvalue weighted by Crippen LogP contribution is -2.54. The van der Waals surface area contributed by atoms with E-state index in [1.165, 1.54) is 19.3 Å². The van der Waals surface area contributed by atoms with Crippen LogP contribution in [0.3, 0.4) is 0 Å². The molecule has 0 bridgehead atoms. The zero-order valence-electron chi connectivity index (χ0n) is 12.5. The molecule has 1 saturated carbocycles. The van der Waals surface area contributed by atoms with Crippen LogP contribution < -0.4 is 5.32 Å². The van der Waals surface area contributed by atoms with E-state index in [0.29, 0.717) is 13.0 Å². The van der Waals surface area contributed by atoms with Gasteiger partial charge in [-0.25, -0.2) is 0 Å². The molecule has 3 fully saturated rings. The van der Waals surface area contributed by atoms with E-state index in [1.807, 2.05) is 4.90 Å². The Morgan fingerprint density at radius 2 is 1.86 bits per heavy atom. The molecule has 1 N–H and O–H groups in total. The van der Waals surface area contributed by atoms with Gasteiger partial charge in [0.15, 0.2) is 0 Å². The van der Waals surface area contributed by atoms with Gasteiger partial charge in [-0.1, -0.05) is 6.42 Å². The number of piperazine rings is 1. The van der Waals surface area contributed by atoms with Crippen LogP contribution in [0.2, 0.25) is 0 Å². The van der Waals surface area contributed by atoms with Crippen molar-refractivity contribution in [2.24, 2.45) is 0 Å². The lowest BCUT2D eigenvalue weighted by Gasteiger charge is -2.43. The molecule has 0 radical (unpaired) electrons. The molecular weight excluding hydrogens is 313 g/mol. The molecule has 0 spiro atoms. The van der Waals surface area contributed by atoms with Crippen molar-refractivity contribution < 1.29 is 9.53 Å². The molecule has 21 heavy (non-hydrogen) atoms. The van der Waals surface area contributed by atoms with Crippen LogP contribution in [0.1, 0.15) is 25.7 Å². The van der Waals surface area contributed by atoms with Crippen molar-refractivity contribution in [1.82, 2.24) is 15.1 Å². The molecule has 1 unspecified atom stereocenters. The van der Waals surface area contributed by atoms with Crippen LogP contribution in [0, 0.1) is 0 Å². The number of carbonyl (C=O) groups is 1. The van der Waals surface area contributed by atoms with Crippen molar-refractivity contribution in [3.05, 3.63) is 0 Å². The van der Waals surface area contributed by atoms with Crippen molar-refractivity contribution in [3.63, 3.8) is 0 Å². The molecule has 2 heterocycles.